The first kappa shape index (κ1) is 16.7. The van der Waals surface area contributed by atoms with Gasteiger partial charge in [-0.3, -0.25) is 9.69 Å². The fraction of sp³-hybridized carbons (Fsp3) is 0.632. The Labute approximate surface area is 143 Å². The Bertz CT molecular complexity index is 517. The lowest BCUT2D eigenvalue weighted by molar-refractivity contribution is -0.125. The summed E-state index contributed by atoms with van der Waals surface area (Å²) >= 11 is 1.81. The molecular weight excluding hydrogens is 304 g/mol. The van der Waals surface area contributed by atoms with Gasteiger partial charge >= 0.3 is 0 Å². The lowest BCUT2D eigenvalue weighted by Gasteiger charge is -2.36. The topological polar surface area (TPSA) is 32.3 Å². The van der Waals surface area contributed by atoms with Crippen LogP contribution in [0.1, 0.15) is 49.9 Å². The first-order valence-corrected chi connectivity index (χ1v) is 9.82. The summed E-state index contributed by atoms with van der Waals surface area (Å²) in [5.74, 6) is 1.24. The molecule has 2 unspecified atom stereocenters. The first-order chi connectivity index (χ1) is 11.2. The number of nitrogens with one attached hydrogen (secondary N) is 1. The van der Waals surface area contributed by atoms with E-state index in [1.807, 2.05) is 11.3 Å². The van der Waals surface area contributed by atoms with Crippen molar-refractivity contribution >= 4 is 17.2 Å². The molecule has 1 aliphatic heterocycles. The van der Waals surface area contributed by atoms with Crippen LogP contribution in [0.15, 0.2) is 29.7 Å². The summed E-state index contributed by atoms with van der Waals surface area (Å²) in [7, 11) is 0. The van der Waals surface area contributed by atoms with E-state index in [1.54, 1.807) is 0 Å². The van der Waals surface area contributed by atoms with E-state index in [4.69, 9.17) is 0 Å². The highest BCUT2D eigenvalue weighted by molar-refractivity contribution is 7.10. The van der Waals surface area contributed by atoms with Crippen LogP contribution in [0.3, 0.4) is 0 Å². The summed E-state index contributed by atoms with van der Waals surface area (Å²) in [6, 6.07) is 4.67. The van der Waals surface area contributed by atoms with Crippen molar-refractivity contribution in [2.24, 2.45) is 11.8 Å². The molecule has 126 valence electrons. The average Bonchev–Trinajstić information content (AvgIpc) is 3.11. The van der Waals surface area contributed by atoms with E-state index in [1.165, 1.54) is 17.7 Å². The lowest BCUT2D eigenvalue weighted by atomic mass is 9.93. The van der Waals surface area contributed by atoms with Crippen LogP contribution < -0.4 is 5.32 Å². The second kappa shape index (κ2) is 8.11. The molecule has 1 aliphatic carbocycles. The van der Waals surface area contributed by atoms with Crippen LogP contribution in [-0.4, -0.2) is 30.4 Å². The number of carbonyl (C=O) groups is 1. The van der Waals surface area contributed by atoms with Crippen molar-refractivity contribution in [3.63, 3.8) is 0 Å². The molecule has 4 heteroatoms. The molecule has 23 heavy (non-hydrogen) atoms. The third-order valence-electron chi connectivity index (χ3n) is 5.24. The van der Waals surface area contributed by atoms with Gasteiger partial charge in [-0.1, -0.05) is 25.1 Å². The van der Waals surface area contributed by atoms with Crippen LogP contribution in [0.25, 0.3) is 0 Å². The number of thiophene rings is 1. The minimum Gasteiger partial charge on any atom is -0.354 e. The van der Waals surface area contributed by atoms with Crippen molar-refractivity contribution in [2.45, 2.75) is 45.1 Å². The summed E-state index contributed by atoms with van der Waals surface area (Å²) in [6.07, 6.45) is 9.80. The first-order valence-electron chi connectivity index (χ1n) is 8.94. The van der Waals surface area contributed by atoms with Crippen molar-refractivity contribution in [1.82, 2.24) is 10.2 Å². The SMILES string of the molecule is CC1CCN(C(CNC(=O)C2CC=CCC2)c2cccs2)CC1. The van der Waals surface area contributed by atoms with E-state index in [9.17, 15) is 4.79 Å². The molecule has 1 aromatic heterocycles. The van der Waals surface area contributed by atoms with Gasteiger partial charge in [-0.05, 0) is 62.6 Å². The number of nitrogens with zero attached hydrogens (tertiary/aromatic N) is 1. The van der Waals surface area contributed by atoms with E-state index in [2.05, 4.69) is 46.8 Å². The number of amides is 1. The van der Waals surface area contributed by atoms with Crippen LogP contribution in [0.2, 0.25) is 0 Å². The molecule has 1 amide bonds. The minimum absolute atomic E-state index is 0.172. The average molecular weight is 333 g/mol. The molecule has 2 atom stereocenters. The van der Waals surface area contributed by atoms with Crippen molar-refractivity contribution in [2.75, 3.05) is 19.6 Å². The Morgan fingerprint density at radius 1 is 1.35 bits per heavy atom. The fourth-order valence-corrected chi connectivity index (χ4v) is 4.46. The third kappa shape index (κ3) is 4.45. The standard InChI is InChI=1S/C19H28N2OS/c1-15-9-11-21(12-10-15)17(18-8-5-13-23-18)14-20-19(22)16-6-3-2-4-7-16/h2-3,5,8,13,15-17H,4,6-7,9-12,14H2,1H3,(H,20,22). The summed E-state index contributed by atoms with van der Waals surface area (Å²) < 4.78 is 0. The number of allylic oxidation sites excluding steroid dienone is 2. The van der Waals surface area contributed by atoms with E-state index in [0.717, 1.165) is 44.8 Å². The van der Waals surface area contributed by atoms with Crippen LogP contribution in [0.5, 0.6) is 0 Å². The highest BCUT2D eigenvalue weighted by atomic mass is 32.1. The molecule has 0 bridgehead atoms. The molecule has 1 fully saturated rings. The number of carbonyl (C=O) groups excluding carboxylic acids is 1. The van der Waals surface area contributed by atoms with Crippen molar-refractivity contribution in [3.8, 4) is 0 Å². The van der Waals surface area contributed by atoms with Crippen LogP contribution in [-0.2, 0) is 4.79 Å². The smallest absolute Gasteiger partial charge is 0.223 e. The zero-order valence-electron chi connectivity index (χ0n) is 14.0. The van der Waals surface area contributed by atoms with E-state index in [0.29, 0.717) is 6.04 Å². The molecule has 3 rings (SSSR count). The van der Waals surface area contributed by atoms with Crippen LogP contribution in [0.4, 0.5) is 0 Å². The largest absolute Gasteiger partial charge is 0.354 e. The van der Waals surface area contributed by atoms with Gasteiger partial charge in [0.25, 0.3) is 0 Å². The number of likely N-dealkylation sites (tertiary alicyclic amines) is 1. The summed E-state index contributed by atoms with van der Waals surface area (Å²) in [5.41, 5.74) is 0. The van der Waals surface area contributed by atoms with E-state index in [-0.39, 0.29) is 11.8 Å². The fourth-order valence-electron chi connectivity index (χ4n) is 3.60. The molecule has 0 saturated carbocycles. The maximum absolute atomic E-state index is 12.4. The van der Waals surface area contributed by atoms with Gasteiger partial charge in [0.1, 0.15) is 0 Å². The molecule has 0 aromatic carbocycles. The Morgan fingerprint density at radius 3 is 2.83 bits per heavy atom. The Balaban J connectivity index is 1.60. The Morgan fingerprint density at radius 2 is 2.17 bits per heavy atom. The van der Waals surface area contributed by atoms with Gasteiger partial charge in [0.15, 0.2) is 0 Å². The summed E-state index contributed by atoms with van der Waals surface area (Å²) in [4.78, 5) is 16.4. The number of hydrogen-bond donors (Lipinski definition) is 1. The molecule has 2 aliphatic rings. The maximum atomic E-state index is 12.4. The Kier molecular flexibility index (Phi) is 5.90. The predicted octanol–water partition coefficient (Wildman–Crippen LogP) is 3.99. The van der Waals surface area contributed by atoms with Crippen LogP contribution >= 0.6 is 11.3 Å². The minimum atomic E-state index is 0.172. The number of piperidine rings is 1. The molecule has 2 heterocycles. The summed E-state index contributed by atoms with van der Waals surface area (Å²) in [5, 5.41) is 5.38. The van der Waals surface area contributed by atoms with Gasteiger partial charge in [-0.2, -0.15) is 0 Å². The van der Waals surface area contributed by atoms with Gasteiger partial charge in [-0.25, -0.2) is 0 Å². The predicted molar refractivity (Wildman–Crippen MR) is 96.5 cm³/mol. The maximum Gasteiger partial charge on any atom is 0.223 e. The quantitative estimate of drug-likeness (QED) is 0.827. The van der Waals surface area contributed by atoms with Gasteiger partial charge in [0, 0.05) is 17.3 Å². The molecule has 1 saturated heterocycles. The van der Waals surface area contributed by atoms with E-state index < -0.39 is 0 Å². The molecule has 1 aromatic rings. The Hall–Kier alpha value is -1.13. The second-order valence-corrected chi connectivity index (χ2v) is 7.96. The summed E-state index contributed by atoms with van der Waals surface area (Å²) in [6.45, 7) is 5.38. The molecule has 3 nitrogen and oxygen atoms in total. The highest BCUT2D eigenvalue weighted by Crippen LogP contribution is 2.29. The van der Waals surface area contributed by atoms with Gasteiger partial charge in [0.2, 0.25) is 5.91 Å². The zero-order chi connectivity index (χ0) is 16.1. The van der Waals surface area contributed by atoms with Gasteiger partial charge in [-0.15, -0.1) is 11.3 Å². The molecule has 1 N–H and O–H groups in total. The van der Waals surface area contributed by atoms with Crippen molar-refractivity contribution < 1.29 is 4.79 Å². The number of hydrogen-bond acceptors (Lipinski definition) is 3. The van der Waals surface area contributed by atoms with Crippen LogP contribution in [0, 0.1) is 11.8 Å². The molecular formula is C19H28N2OS. The second-order valence-electron chi connectivity index (χ2n) is 6.98. The van der Waals surface area contributed by atoms with E-state index >= 15 is 0 Å². The third-order valence-corrected chi connectivity index (χ3v) is 6.21. The van der Waals surface area contributed by atoms with Crippen molar-refractivity contribution in [3.05, 3.63) is 34.5 Å². The van der Waals surface area contributed by atoms with Crippen molar-refractivity contribution in [1.29, 1.82) is 0 Å². The normalized spacial score (nSPS) is 24.5. The number of rotatable bonds is 5. The van der Waals surface area contributed by atoms with Gasteiger partial charge in [0.05, 0.1) is 6.04 Å². The zero-order valence-corrected chi connectivity index (χ0v) is 14.9. The van der Waals surface area contributed by atoms with Gasteiger partial charge < -0.3 is 5.32 Å². The monoisotopic (exact) mass is 332 g/mol. The molecule has 0 radical (unpaired) electrons. The molecule has 0 spiro atoms. The lowest BCUT2D eigenvalue weighted by Crippen LogP contribution is -2.43. The highest BCUT2D eigenvalue weighted by Gasteiger charge is 2.27.